The number of carbonyl (C=O) groups excluding carboxylic acids is 1. The van der Waals surface area contributed by atoms with Crippen LogP contribution < -0.4 is 5.32 Å². The average molecular weight is 353 g/mol. The zero-order valence-electron chi connectivity index (χ0n) is 16.2. The second-order valence-electron chi connectivity index (χ2n) is 7.02. The van der Waals surface area contributed by atoms with Crippen LogP contribution in [0.5, 0.6) is 0 Å². The van der Waals surface area contributed by atoms with Crippen LogP contribution in [0.15, 0.2) is 24.3 Å². The van der Waals surface area contributed by atoms with Gasteiger partial charge >= 0.3 is 0 Å². The molecule has 0 saturated carbocycles. The van der Waals surface area contributed by atoms with Gasteiger partial charge in [-0.3, -0.25) is 9.48 Å². The molecule has 26 heavy (non-hydrogen) atoms. The summed E-state index contributed by atoms with van der Waals surface area (Å²) in [4.78, 5) is 12.3. The van der Waals surface area contributed by atoms with Crippen molar-refractivity contribution in [1.82, 2.24) is 15.1 Å². The van der Waals surface area contributed by atoms with E-state index in [1.807, 2.05) is 17.7 Å². The molecule has 0 bridgehead atoms. The molecule has 0 fully saturated rings. The largest absolute Gasteiger partial charge is 0.378 e. The van der Waals surface area contributed by atoms with Crippen LogP contribution in [0.4, 0.5) is 0 Å². The number of amides is 1. The monoisotopic (exact) mass is 353 g/mol. The number of carbonyl (C=O) groups is 1. The lowest BCUT2D eigenvalue weighted by molar-refractivity contribution is 0.0952. The van der Waals surface area contributed by atoms with E-state index in [0.29, 0.717) is 17.7 Å². The fraction of sp³-hybridized carbons (Fsp3) is 0.429. The first-order chi connectivity index (χ1) is 12.2. The lowest BCUT2D eigenvalue weighted by Gasteiger charge is -2.08. The Bertz CT molecular complexity index is 848. The molecule has 0 spiro atoms. The van der Waals surface area contributed by atoms with E-state index in [4.69, 9.17) is 0 Å². The number of aryl methyl sites for hydroxylation is 2. The van der Waals surface area contributed by atoms with Crippen molar-refractivity contribution < 1.29 is 9.90 Å². The SMILES string of the molecule is Cc1nn(CCCNC(=O)c2cccc(C#CC(C)(C)O)c2)c(C)c1C. The number of benzene rings is 1. The van der Waals surface area contributed by atoms with Crippen LogP contribution >= 0.6 is 0 Å². The minimum Gasteiger partial charge on any atom is -0.378 e. The second kappa shape index (κ2) is 8.20. The third-order valence-electron chi connectivity index (χ3n) is 4.21. The first-order valence-corrected chi connectivity index (χ1v) is 8.82. The predicted octanol–water partition coefficient (Wildman–Crippen LogP) is 2.75. The van der Waals surface area contributed by atoms with Crippen molar-refractivity contribution in [3.63, 3.8) is 0 Å². The number of hydrogen-bond donors (Lipinski definition) is 2. The van der Waals surface area contributed by atoms with Crippen LogP contribution in [0.1, 0.15) is 53.1 Å². The lowest BCUT2D eigenvalue weighted by Crippen LogP contribution is -2.25. The number of aromatic nitrogens is 2. The number of nitrogens with one attached hydrogen (secondary N) is 1. The molecule has 0 aliphatic heterocycles. The number of rotatable bonds is 5. The topological polar surface area (TPSA) is 67.2 Å². The molecule has 0 saturated heterocycles. The van der Waals surface area contributed by atoms with Crippen molar-refractivity contribution in [2.75, 3.05) is 6.54 Å². The number of hydrogen-bond acceptors (Lipinski definition) is 3. The van der Waals surface area contributed by atoms with Gasteiger partial charge in [0.15, 0.2) is 0 Å². The van der Waals surface area contributed by atoms with E-state index in [0.717, 1.165) is 18.7 Å². The fourth-order valence-electron chi connectivity index (χ4n) is 2.50. The summed E-state index contributed by atoms with van der Waals surface area (Å²) < 4.78 is 1.99. The van der Waals surface area contributed by atoms with Gasteiger partial charge < -0.3 is 10.4 Å². The van der Waals surface area contributed by atoms with Crippen molar-refractivity contribution in [3.8, 4) is 11.8 Å². The quantitative estimate of drug-likeness (QED) is 0.642. The van der Waals surface area contributed by atoms with Crippen LogP contribution in [0, 0.1) is 32.6 Å². The van der Waals surface area contributed by atoms with Crippen LogP contribution in [0.3, 0.4) is 0 Å². The van der Waals surface area contributed by atoms with Gasteiger partial charge in [-0.05, 0) is 64.8 Å². The van der Waals surface area contributed by atoms with Crippen molar-refractivity contribution in [3.05, 3.63) is 52.3 Å². The fourth-order valence-corrected chi connectivity index (χ4v) is 2.50. The molecule has 2 rings (SSSR count). The number of aliphatic hydroxyl groups is 1. The molecule has 0 atom stereocenters. The van der Waals surface area contributed by atoms with E-state index >= 15 is 0 Å². The maximum atomic E-state index is 12.3. The van der Waals surface area contributed by atoms with Gasteiger partial charge in [0.25, 0.3) is 5.91 Å². The van der Waals surface area contributed by atoms with Gasteiger partial charge in [-0.1, -0.05) is 17.9 Å². The average Bonchev–Trinajstić information content (AvgIpc) is 2.83. The Morgan fingerprint density at radius 2 is 2.04 bits per heavy atom. The van der Waals surface area contributed by atoms with Gasteiger partial charge in [0.2, 0.25) is 0 Å². The molecule has 1 aromatic carbocycles. The summed E-state index contributed by atoms with van der Waals surface area (Å²) in [7, 11) is 0. The molecule has 1 aromatic heterocycles. The lowest BCUT2D eigenvalue weighted by atomic mass is 10.1. The van der Waals surface area contributed by atoms with E-state index < -0.39 is 5.60 Å². The maximum Gasteiger partial charge on any atom is 0.251 e. The zero-order chi connectivity index (χ0) is 19.3. The third kappa shape index (κ3) is 5.47. The Balaban J connectivity index is 1.89. The molecule has 1 heterocycles. The maximum absolute atomic E-state index is 12.3. The van der Waals surface area contributed by atoms with Gasteiger partial charge in [-0.15, -0.1) is 0 Å². The first-order valence-electron chi connectivity index (χ1n) is 8.82. The van der Waals surface area contributed by atoms with Gasteiger partial charge in [-0.2, -0.15) is 5.10 Å². The molecule has 0 unspecified atom stereocenters. The minimum absolute atomic E-state index is 0.124. The molecule has 5 nitrogen and oxygen atoms in total. The molecule has 2 N–H and O–H groups in total. The standard InChI is InChI=1S/C21H27N3O2/c1-15-16(2)23-24(17(15)3)13-7-12-22-20(25)19-9-6-8-18(14-19)10-11-21(4,5)26/h6,8-9,14,26H,7,12-13H2,1-5H3,(H,22,25). The molecule has 0 aliphatic carbocycles. The summed E-state index contributed by atoms with van der Waals surface area (Å²) in [5.41, 5.74) is 3.66. The molecule has 138 valence electrons. The molecule has 1 amide bonds. The molecule has 0 radical (unpaired) electrons. The highest BCUT2D eigenvalue weighted by Gasteiger charge is 2.09. The van der Waals surface area contributed by atoms with Crippen LogP contribution in [0.25, 0.3) is 0 Å². The van der Waals surface area contributed by atoms with Crippen LogP contribution in [-0.2, 0) is 6.54 Å². The summed E-state index contributed by atoms with van der Waals surface area (Å²) in [6, 6.07) is 7.11. The van der Waals surface area contributed by atoms with Crippen molar-refractivity contribution in [1.29, 1.82) is 0 Å². The van der Waals surface area contributed by atoms with Crippen molar-refractivity contribution >= 4 is 5.91 Å². The Labute approximate surface area is 155 Å². The van der Waals surface area contributed by atoms with E-state index in [1.165, 1.54) is 11.3 Å². The molecule has 0 aliphatic rings. The summed E-state index contributed by atoms with van der Waals surface area (Å²) in [6.45, 7) is 10.8. The van der Waals surface area contributed by atoms with E-state index in [9.17, 15) is 9.90 Å². The Kier molecular flexibility index (Phi) is 6.23. The Morgan fingerprint density at radius 1 is 1.31 bits per heavy atom. The highest BCUT2D eigenvalue weighted by atomic mass is 16.3. The van der Waals surface area contributed by atoms with Crippen molar-refractivity contribution in [2.45, 2.75) is 53.2 Å². The Hall–Kier alpha value is -2.58. The highest BCUT2D eigenvalue weighted by molar-refractivity contribution is 5.94. The van der Waals surface area contributed by atoms with E-state index in [-0.39, 0.29) is 5.91 Å². The van der Waals surface area contributed by atoms with Crippen LogP contribution in [0.2, 0.25) is 0 Å². The van der Waals surface area contributed by atoms with Crippen molar-refractivity contribution in [2.24, 2.45) is 0 Å². The van der Waals surface area contributed by atoms with Gasteiger partial charge in [0.05, 0.1) is 5.69 Å². The molecule has 5 heteroatoms. The van der Waals surface area contributed by atoms with Gasteiger partial charge in [0.1, 0.15) is 5.60 Å². The molecule has 2 aromatic rings. The zero-order valence-corrected chi connectivity index (χ0v) is 16.2. The third-order valence-corrected chi connectivity index (χ3v) is 4.21. The Morgan fingerprint density at radius 3 is 2.65 bits per heavy atom. The highest BCUT2D eigenvalue weighted by Crippen LogP contribution is 2.11. The van der Waals surface area contributed by atoms with Crippen LogP contribution in [-0.4, -0.2) is 32.9 Å². The minimum atomic E-state index is -1.06. The number of nitrogens with zero attached hydrogens (tertiary/aromatic N) is 2. The summed E-state index contributed by atoms with van der Waals surface area (Å²) >= 11 is 0. The predicted molar refractivity (Wildman–Crippen MR) is 103 cm³/mol. The molecular formula is C21H27N3O2. The summed E-state index contributed by atoms with van der Waals surface area (Å²) in [6.07, 6.45) is 0.811. The van der Waals surface area contributed by atoms with E-state index in [2.05, 4.69) is 36.1 Å². The van der Waals surface area contributed by atoms with E-state index in [1.54, 1.807) is 32.0 Å². The smallest absolute Gasteiger partial charge is 0.251 e. The summed E-state index contributed by atoms with van der Waals surface area (Å²) in [5.74, 6) is 5.52. The first kappa shape index (κ1) is 19.7. The molecular weight excluding hydrogens is 326 g/mol. The van der Waals surface area contributed by atoms with Gasteiger partial charge in [0, 0.05) is 29.9 Å². The normalized spacial score (nSPS) is 11.0. The van der Waals surface area contributed by atoms with Gasteiger partial charge in [-0.25, -0.2) is 0 Å². The second-order valence-corrected chi connectivity index (χ2v) is 7.02. The summed E-state index contributed by atoms with van der Waals surface area (Å²) in [5, 5.41) is 17.1.